The van der Waals surface area contributed by atoms with Crippen molar-refractivity contribution >= 4 is 23.2 Å². The van der Waals surface area contributed by atoms with Gasteiger partial charge >= 0.3 is 0 Å². The summed E-state index contributed by atoms with van der Waals surface area (Å²) >= 11 is 1.57. The summed E-state index contributed by atoms with van der Waals surface area (Å²) in [7, 11) is 1.66. The molecule has 1 fully saturated rings. The molecule has 1 N–H and O–H groups in total. The van der Waals surface area contributed by atoms with Crippen LogP contribution in [0.4, 0.5) is 4.39 Å². The van der Waals surface area contributed by atoms with Crippen LogP contribution in [-0.2, 0) is 16.1 Å². The minimum atomic E-state index is -0.505. The number of nitrogens with one attached hydrogen (secondary N) is 1. The second kappa shape index (κ2) is 6.50. The predicted molar refractivity (Wildman–Crippen MR) is 86.2 cm³/mol. The van der Waals surface area contributed by atoms with Gasteiger partial charge in [-0.1, -0.05) is 18.2 Å². The first-order valence-corrected chi connectivity index (χ1v) is 8.25. The van der Waals surface area contributed by atoms with Crippen molar-refractivity contribution in [3.8, 4) is 0 Å². The Hall–Kier alpha value is -2.21. The molecule has 1 aliphatic heterocycles. The number of benzene rings is 1. The Bertz CT molecular complexity index is 717. The molecule has 1 aromatic carbocycles. The molecule has 3 rings (SSSR count). The monoisotopic (exact) mass is 332 g/mol. The molecule has 1 saturated heterocycles. The molecule has 0 aliphatic carbocycles. The van der Waals surface area contributed by atoms with Crippen LogP contribution in [0.2, 0.25) is 0 Å². The Balaban J connectivity index is 1.78. The maximum absolute atomic E-state index is 13.5. The van der Waals surface area contributed by atoms with Crippen molar-refractivity contribution in [2.45, 2.75) is 19.0 Å². The van der Waals surface area contributed by atoms with Crippen LogP contribution in [0.25, 0.3) is 0 Å². The average Bonchev–Trinajstić information content (AvgIpc) is 3.14. The first-order chi connectivity index (χ1) is 11.1. The maximum atomic E-state index is 13.5. The Morgan fingerprint density at radius 3 is 2.91 bits per heavy atom. The molecule has 0 spiro atoms. The molecule has 0 radical (unpaired) electrons. The zero-order valence-corrected chi connectivity index (χ0v) is 13.5. The highest BCUT2D eigenvalue weighted by Crippen LogP contribution is 2.37. The summed E-state index contributed by atoms with van der Waals surface area (Å²) in [5.74, 6) is -1.15. The third-order valence-corrected chi connectivity index (χ3v) is 5.01. The molecular weight excluding hydrogens is 315 g/mol. The summed E-state index contributed by atoms with van der Waals surface area (Å²) in [5.41, 5.74) is 0.648. The number of likely N-dealkylation sites (tertiary alicyclic amines) is 1. The number of nitrogens with zero attached hydrogens (tertiary/aromatic N) is 1. The van der Waals surface area contributed by atoms with Crippen molar-refractivity contribution in [3.63, 3.8) is 0 Å². The van der Waals surface area contributed by atoms with E-state index < -0.39 is 12.0 Å². The predicted octanol–water partition coefficient (Wildman–Crippen LogP) is 2.72. The van der Waals surface area contributed by atoms with Gasteiger partial charge in [-0.3, -0.25) is 9.59 Å². The Morgan fingerprint density at radius 1 is 1.39 bits per heavy atom. The van der Waals surface area contributed by atoms with E-state index in [1.807, 2.05) is 17.5 Å². The van der Waals surface area contributed by atoms with Gasteiger partial charge in [-0.15, -0.1) is 11.3 Å². The summed E-state index contributed by atoms with van der Waals surface area (Å²) in [6.07, 6.45) is 0.147. The average molecular weight is 332 g/mol. The molecule has 2 amide bonds. The van der Waals surface area contributed by atoms with Crippen LogP contribution in [0, 0.1) is 11.7 Å². The van der Waals surface area contributed by atoms with Crippen molar-refractivity contribution in [1.29, 1.82) is 0 Å². The first-order valence-electron chi connectivity index (χ1n) is 7.37. The van der Waals surface area contributed by atoms with Crippen LogP contribution in [0.15, 0.2) is 41.8 Å². The van der Waals surface area contributed by atoms with E-state index in [4.69, 9.17) is 0 Å². The van der Waals surface area contributed by atoms with E-state index in [0.717, 1.165) is 4.88 Å². The number of thiophene rings is 1. The van der Waals surface area contributed by atoms with Crippen molar-refractivity contribution in [1.82, 2.24) is 10.2 Å². The quantitative estimate of drug-likeness (QED) is 0.936. The van der Waals surface area contributed by atoms with Crippen LogP contribution in [0.5, 0.6) is 0 Å². The lowest BCUT2D eigenvalue weighted by Crippen LogP contribution is -2.34. The summed E-state index contributed by atoms with van der Waals surface area (Å²) in [6, 6.07) is 9.53. The highest BCUT2D eigenvalue weighted by Gasteiger charge is 2.42. The third kappa shape index (κ3) is 3.27. The van der Waals surface area contributed by atoms with E-state index >= 15 is 0 Å². The second-order valence-electron chi connectivity index (χ2n) is 5.61. The van der Waals surface area contributed by atoms with E-state index in [-0.39, 0.29) is 24.1 Å². The number of halogens is 1. The largest absolute Gasteiger partial charge is 0.351 e. The number of carbonyl (C=O) groups excluding carboxylic acids is 2. The molecule has 6 heteroatoms. The molecule has 4 nitrogen and oxygen atoms in total. The second-order valence-corrected chi connectivity index (χ2v) is 6.64. The molecule has 2 aromatic rings. The van der Waals surface area contributed by atoms with Crippen LogP contribution in [-0.4, -0.2) is 23.8 Å². The normalized spacial score (nSPS) is 20.8. The van der Waals surface area contributed by atoms with Gasteiger partial charge in [0.1, 0.15) is 5.82 Å². The summed E-state index contributed by atoms with van der Waals surface area (Å²) in [4.78, 5) is 27.2. The topological polar surface area (TPSA) is 49.4 Å². The molecule has 0 bridgehead atoms. The SMILES string of the molecule is CN1C(=O)CC(C(=O)NCc2cccs2)C1c1cccc(F)c1. The zero-order chi connectivity index (χ0) is 16.4. The van der Waals surface area contributed by atoms with Crippen LogP contribution in [0.3, 0.4) is 0 Å². The fraction of sp³-hybridized carbons (Fsp3) is 0.294. The van der Waals surface area contributed by atoms with Crippen molar-refractivity contribution < 1.29 is 14.0 Å². The molecule has 2 atom stereocenters. The smallest absolute Gasteiger partial charge is 0.226 e. The molecule has 1 aliphatic rings. The Labute approximate surface area is 137 Å². The molecule has 0 saturated carbocycles. The summed E-state index contributed by atoms with van der Waals surface area (Å²) < 4.78 is 13.5. The Morgan fingerprint density at radius 2 is 2.22 bits per heavy atom. The minimum Gasteiger partial charge on any atom is -0.351 e. The maximum Gasteiger partial charge on any atom is 0.226 e. The van der Waals surface area contributed by atoms with E-state index in [9.17, 15) is 14.0 Å². The summed E-state index contributed by atoms with van der Waals surface area (Å²) in [5, 5.41) is 4.83. The van der Waals surface area contributed by atoms with Gasteiger partial charge < -0.3 is 10.2 Å². The van der Waals surface area contributed by atoms with Gasteiger partial charge in [-0.05, 0) is 29.1 Å². The fourth-order valence-corrected chi connectivity index (χ4v) is 3.61. The molecule has 2 heterocycles. The molecule has 1 aromatic heterocycles. The number of hydrogen-bond donors (Lipinski definition) is 1. The standard InChI is InChI=1S/C17H17FN2O2S/c1-20-15(21)9-14(16(20)11-4-2-5-12(18)8-11)17(22)19-10-13-6-3-7-23-13/h2-8,14,16H,9-10H2,1H3,(H,19,22). The lowest BCUT2D eigenvalue weighted by molar-refractivity contribution is -0.128. The molecule has 120 valence electrons. The van der Waals surface area contributed by atoms with E-state index in [1.165, 1.54) is 17.0 Å². The van der Waals surface area contributed by atoms with E-state index in [2.05, 4.69) is 5.32 Å². The highest BCUT2D eigenvalue weighted by molar-refractivity contribution is 7.09. The van der Waals surface area contributed by atoms with Crippen LogP contribution in [0.1, 0.15) is 22.9 Å². The van der Waals surface area contributed by atoms with Crippen molar-refractivity contribution in [3.05, 3.63) is 58.0 Å². The van der Waals surface area contributed by atoms with Gasteiger partial charge in [-0.2, -0.15) is 0 Å². The van der Waals surface area contributed by atoms with Gasteiger partial charge in [0.05, 0.1) is 18.5 Å². The van der Waals surface area contributed by atoms with Gasteiger partial charge in [0.25, 0.3) is 0 Å². The van der Waals surface area contributed by atoms with Gasteiger partial charge in [0, 0.05) is 18.3 Å². The number of rotatable bonds is 4. The van der Waals surface area contributed by atoms with Crippen LogP contribution >= 0.6 is 11.3 Å². The fourth-order valence-electron chi connectivity index (χ4n) is 2.97. The van der Waals surface area contributed by atoms with Gasteiger partial charge in [-0.25, -0.2) is 4.39 Å². The number of carbonyl (C=O) groups is 2. The van der Waals surface area contributed by atoms with Crippen molar-refractivity contribution in [2.75, 3.05) is 7.05 Å². The Kier molecular flexibility index (Phi) is 4.43. The van der Waals surface area contributed by atoms with E-state index in [0.29, 0.717) is 12.1 Å². The zero-order valence-electron chi connectivity index (χ0n) is 12.7. The van der Waals surface area contributed by atoms with Crippen LogP contribution < -0.4 is 5.32 Å². The minimum absolute atomic E-state index is 0.101. The lowest BCUT2D eigenvalue weighted by atomic mass is 9.93. The molecular formula is C17H17FN2O2S. The van der Waals surface area contributed by atoms with Gasteiger partial charge in [0.2, 0.25) is 11.8 Å². The molecule has 2 unspecified atom stereocenters. The highest BCUT2D eigenvalue weighted by atomic mass is 32.1. The summed E-state index contributed by atoms with van der Waals surface area (Å²) in [6.45, 7) is 0.445. The van der Waals surface area contributed by atoms with Gasteiger partial charge in [0.15, 0.2) is 0 Å². The molecule has 23 heavy (non-hydrogen) atoms. The third-order valence-electron chi connectivity index (χ3n) is 4.13. The van der Waals surface area contributed by atoms with E-state index in [1.54, 1.807) is 30.5 Å². The number of amides is 2. The van der Waals surface area contributed by atoms with Crippen molar-refractivity contribution in [2.24, 2.45) is 5.92 Å². The lowest BCUT2D eigenvalue weighted by Gasteiger charge is -2.25. The number of hydrogen-bond acceptors (Lipinski definition) is 3. The first kappa shape index (κ1) is 15.7.